The normalized spacial score (nSPS) is 13.7. The second-order valence-corrected chi connectivity index (χ2v) is 5.56. The molecule has 1 aromatic carbocycles. The molecule has 0 aromatic heterocycles. The van der Waals surface area contributed by atoms with E-state index in [0.29, 0.717) is 22.7 Å². The Hall–Kier alpha value is -1.56. The van der Waals surface area contributed by atoms with E-state index < -0.39 is 16.8 Å². The highest BCUT2D eigenvalue weighted by molar-refractivity contribution is 7.84. The molecule has 2 unspecified atom stereocenters. The predicted molar refractivity (Wildman–Crippen MR) is 74.2 cm³/mol. The van der Waals surface area contributed by atoms with E-state index in [1.165, 1.54) is 7.11 Å². The van der Waals surface area contributed by atoms with Crippen LogP contribution >= 0.6 is 0 Å². The minimum Gasteiger partial charge on any atom is -0.465 e. The van der Waals surface area contributed by atoms with Crippen LogP contribution in [-0.2, 0) is 15.5 Å². The third-order valence-electron chi connectivity index (χ3n) is 2.34. The van der Waals surface area contributed by atoms with Crippen LogP contribution in [-0.4, -0.2) is 35.3 Å². The summed E-state index contributed by atoms with van der Waals surface area (Å²) in [6.45, 7) is 1.90. The quantitative estimate of drug-likeness (QED) is 0.621. The van der Waals surface area contributed by atoms with Gasteiger partial charge in [0.1, 0.15) is 0 Å². The summed E-state index contributed by atoms with van der Waals surface area (Å²) in [5.74, 6) is 0.0555. The fraction of sp³-hybridized carbons (Fsp3) is 0.417. The van der Waals surface area contributed by atoms with Gasteiger partial charge < -0.3 is 15.8 Å². The molecular formula is C12H18N2O3S. The van der Waals surface area contributed by atoms with Crippen LogP contribution in [0.3, 0.4) is 0 Å². The number of rotatable bonds is 5. The molecule has 0 aliphatic carbocycles. The molecule has 0 aliphatic rings. The lowest BCUT2D eigenvalue weighted by molar-refractivity contribution is 0.0602. The molecule has 3 N–H and O–H groups in total. The van der Waals surface area contributed by atoms with Crippen molar-refractivity contribution in [2.24, 2.45) is 0 Å². The summed E-state index contributed by atoms with van der Waals surface area (Å²) in [5, 5.41) is 3.13. The van der Waals surface area contributed by atoms with E-state index in [-0.39, 0.29) is 6.04 Å². The van der Waals surface area contributed by atoms with Crippen molar-refractivity contribution >= 4 is 28.1 Å². The monoisotopic (exact) mass is 270 g/mol. The molecule has 5 nitrogen and oxygen atoms in total. The Balaban J connectivity index is 2.94. The maximum absolute atomic E-state index is 11.6. The average Bonchev–Trinajstić information content (AvgIpc) is 2.29. The number of carbonyl (C=O) groups excluding carboxylic acids is 1. The molecule has 0 aliphatic heterocycles. The zero-order valence-electron chi connectivity index (χ0n) is 10.7. The molecule has 0 spiro atoms. The minimum absolute atomic E-state index is 0.0112. The Labute approximate surface area is 109 Å². The highest BCUT2D eigenvalue weighted by Crippen LogP contribution is 2.20. The average molecular weight is 270 g/mol. The first kappa shape index (κ1) is 14.5. The topological polar surface area (TPSA) is 81.4 Å². The van der Waals surface area contributed by atoms with Crippen LogP contribution in [0, 0.1) is 0 Å². The molecule has 6 heteroatoms. The first-order valence-electron chi connectivity index (χ1n) is 5.48. The van der Waals surface area contributed by atoms with Crippen LogP contribution in [0.1, 0.15) is 17.3 Å². The number of methoxy groups -OCH3 is 1. The molecule has 18 heavy (non-hydrogen) atoms. The second-order valence-electron chi connectivity index (χ2n) is 4.08. The van der Waals surface area contributed by atoms with Gasteiger partial charge in [0.25, 0.3) is 0 Å². The summed E-state index contributed by atoms with van der Waals surface area (Å²) in [7, 11) is 0.423. The summed E-state index contributed by atoms with van der Waals surface area (Å²) in [6.07, 6.45) is 1.64. The first-order valence-corrected chi connectivity index (χ1v) is 7.21. The van der Waals surface area contributed by atoms with Gasteiger partial charge in [-0.15, -0.1) is 0 Å². The molecule has 0 saturated heterocycles. The Kier molecular flexibility index (Phi) is 5.15. The molecule has 0 saturated carbocycles. The summed E-state index contributed by atoms with van der Waals surface area (Å²) in [4.78, 5) is 11.6. The maximum Gasteiger partial charge on any atom is 0.340 e. The van der Waals surface area contributed by atoms with Crippen LogP contribution in [0.4, 0.5) is 11.4 Å². The van der Waals surface area contributed by atoms with Crippen molar-refractivity contribution in [3.63, 3.8) is 0 Å². The van der Waals surface area contributed by atoms with Crippen molar-refractivity contribution in [2.75, 3.05) is 30.2 Å². The number of nitrogen functional groups attached to an aromatic ring is 1. The van der Waals surface area contributed by atoms with E-state index in [1.807, 2.05) is 6.92 Å². The van der Waals surface area contributed by atoms with Gasteiger partial charge in [-0.3, -0.25) is 4.21 Å². The van der Waals surface area contributed by atoms with Crippen molar-refractivity contribution in [1.82, 2.24) is 0 Å². The molecule has 0 bridgehead atoms. The fourth-order valence-corrected chi connectivity index (χ4v) is 2.41. The molecule has 0 heterocycles. The second kappa shape index (κ2) is 6.39. The van der Waals surface area contributed by atoms with E-state index in [2.05, 4.69) is 5.32 Å². The van der Waals surface area contributed by atoms with Crippen LogP contribution in [0.15, 0.2) is 18.2 Å². The first-order chi connectivity index (χ1) is 8.43. The van der Waals surface area contributed by atoms with Crippen LogP contribution in [0.2, 0.25) is 0 Å². The predicted octanol–water partition coefficient (Wildman–Crippen LogP) is 1.23. The summed E-state index contributed by atoms with van der Waals surface area (Å²) < 4.78 is 15.8. The van der Waals surface area contributed by atoms with E-state index >= 15 is 0 Å². The molecule has 0 fully saturated rings. The van der Waals surface area contributed by atoms with Crippen LogP contribution in [0.5, 0.6) is 0 Å². The molecular weight excluding hydrogens is 252 g/mol. The molecule has 2 atom stereocenters. The van der Waals surface area contributed by atoms with Crippen molar-refractivity contribution in [3.8, 4) is 0 Å². The number of nitrogens with two attached hydrogens (primary N) is 1. The lowest BCUT2D eigenvalue weighted by Gasteiger charge is -2.16. The third-order valence-corrected chi connectivity index (χ3v) is 3.30. The van der Waals surface area contributed by atoms with Gasteiger partial charge in [-0.1, -0.05) is 0 Å². The van der Waals surface area contributed by atoms with Crippen LogP contribution < -0.4 is 11.1 Å². The summed E-state index contributed by atoms with van der Waals surface area (Å²) in [6, 6.07) is 4.97. The number of anilines is 2. The third kappa shape index (κ3) is 4.03. The Bertz CT molecular complexity index is 463. The van der Waals surface area contributed by atoms with Gasteiger partial charge in [0.2, 0.25) is 0 Å². The van der Waals surface area contributed by atoms with Gasteiger partial charge in [0.15, 0.2) is 0 Å². The molecule has 1 aromatic rings. The van der Waals surface area contributed by atoms with Crippen molar-refractivity contribution in [1.29, 1.82) is 0 Å². The van der Waals surface area contributed by atoms with Crippen molar-refractivity contribution in [2.45, 2.75) is 13.0 Å². The number of hydrogen-bond donors (Lipinski definition) is 2. The number of ether oxygens (including phenoxy) is 1. The van der Waals surface area contributed by atoms with Gasteiger partial charge >= 0.3 is 5.97 Å². The van der Waals surface area contributed by atoms with Crippen LogP contribution in [0.25, 0.3) is 0 Å². The van der Waals surface area contributed by atoms with Gasteiger partial charge in [0, 0.05) is 40.2 Å². The Morgan fingerprint density at radius 3 is 2.78 bits per heavy atom. The number of nitrogens with one attached hydrogen (secondary N) is 1. The van der Waals surface area contributed by atoms with E-state index in [9.17, 15) is 9.00 Å². The zero-order chi connectivity index (χ0) is 13.7. The standard InChI is InChI=1S/C12H18N2O3S/c1-8(7-18(3)16)14-11-5-4-9(13)6-10(11)12(15)17-2/h4-6,8,14H,7,13H2,1-3H3. The highest BCUT2D eigenvalue weighted by Gasteiger charge is 2.14. The zero-order valence-corrected chi connectivity index (χ0v) is 11.5. The van der Waals surface area contributed by atoms with Crippen molar-refractivity contribution in [3.05, 3.63) is 23.8 Å². The number of esters is 1. The summed E-state index contributed by atoms with van der Waals surface area (Å²) in [5.41, 5.74) is 7.15. The highest BCUT2D eigenvalue weighted by atomic mass is 32.2. The lowest BCUT2D eigenvalue weighted by Crippen LogP contribution is -2.23. The SMILES string of the molecule is COC(=O)c1cc(N)ccc1NC(C)CS(C)=O. The molecule has 0 radical (unpaired) electrons. The Morgan fingerprint density at radius 2 is 2.22 bits per heavy atom. The van der Waals surface area contributed by atoms with Crippen molar-refractivity contribution < 1.29 is 13.7 Å². The number of carbonyl (C=O) groups is 1. The van der Waals surface area contributed by atoms with Gasteiger partial charge in [-0.2, -0.15) is 0 Å². The largest absolute Gasteiger partial charge is 0.465 e. The lowest BCUT2D eigenvalue weighted by atomic mass is 10.1. The number of hydrogen-bond acceptors (Lipinski definition) is 5. The molecule has 100 valence electrons. The van der Waals surface area contributed by atoms with Gasteiger partial charge in [-0.25, -0.2) is 4.79 Å². The maximum atomic E-state index is 11.6. The van der Waals surface area contributed by atoms with E-state index in [0.717, 1.165) is 0 Å². The van der Waals surface area contributed by atoms with Gasteiger partial charge in [-0.05, 0) is 25.1 Å². The van der Waals surface area contributed by atoms with E-state index in [4.69, 9.17) is 10.5 Å². The molecule has 0 amide bonds. The summed E-state index contributed by atoms with van der Waals surface area (Å²) >= 11 is 0. The number of benzene rings is 1. The molecule has 1 rings (SSSR count). The van der Waals surface area contributed by atoms with E-state index in [1.54, 1.807) is 24.5 Å². The smallest absolute Gasteiger partial charge is 0.340 e. The Morgan fingerprint density at radius 1 is 1.56 bits per heavy atom. The minimum atomic E-state index is -0.896. The van der Waals surface area contributed by atoms with Gasteiger partial charge in [0.05, 0.1) is 12.7 Å². The fourth-order valence-electron chi connectivity index (χ4n) is 1.63.